The smallest absolute Gasteiger partial charge is 0.328 e. The number of piperidine rings is 2. The Kier molecular flexibility index (Phi) is 11.4. The molecule has 10 nitrogen and oxygen atoms in total. The Morgan fingerprint density at radius 3 is 2.47 bits per heavy atom. The fraction of sp³-hybridized carbons (Fsp3) is 0.643. The van der Waals surface area contributed by atoms with Crippen molar-refractivity contribution in [3.05, 3.63) is 29.8 Å². The number of aliphatic carboxylic acids is 1. The number of ether oxygens (including phenoxy) is 1. The number of rotatable bonds is 12. The highest BCUT2D eigenvalue weighted by Gasteiger charge is 2.30. The number of carbonyl (C=O) groups is 4. The Morgan fingerprint density at radius 2 is 1.82 bits per heavy atom. The SMILES string of the molecule is CC(C)COc1ccc(C(=O)NC(CNC(=O)[C@@H]2CCCN(C(=O)CCC3CCNCC3)C2)C(=O)O)cc1. The topological polar surface area (TPSA) is 137 Å². The van der Waals surface area contributed by atoms with Crippen LogP contribution in [0, 0.1) is 17.8 Å². The van der Waals surface area contributed by atoms with Gasteiger partial charge in [-0.15, -0.1) is 0 Å². The van der Waals surface area contributed by atoms with Gasteiger partial charge in [-0.1, -0.05) is 13.8 Å². The van der Waals surface area contributed by atoms with Gasteiger partial charge < -0.3 is 30.7 Å². The number of carbonyl (C=O) groups excluding carboxylic acids is 3. The second kappa shape index (κ2) is 14.7. The van der Waals surface area contributed by atoms with Gasteiger partial charge in [0.1, 0.15) is 11.8 Å². The van der Waals surface area contributed by atoms with Gasteiger partial charge in [0, 0.05) is 31.6 Å². The van der Waals surface area contributed by atoms with E-state index in [1.165, 1.54) is 0 Å². The van der Waals surface area contributed by atoms with E-state index in [1.54, 1.807) is 29.2 Å². The third-order valence-electron chi connectivity index (χ3n) is 7.15. The fourth-order valence-electron chi connectivity index (χ4n) is 4.83. The van der Waals surface area contributed by atoms with Crippen molar-refractivity contribution in [2.45, 2.75) is 58.4 Å². The molecule has 38 heavy (non-hydrogen) atoms. The van der Waals surface area contributed by atoms with Gasteiger partial charge in [0.05, 0.1) is 12.5 Å². The highest BCUT2D eigenvalue weighted by atomic mass is 16.5. The Balaban J connectivity index is 1.45. The molecule has 1 aromatic carbocycles. The van der Waals surface area contributed by atoms with Gasteiger partial charge in [0.2, 0.25) is 11.8 Å². The summed E-state index contributed by atoms with van der Waals surface area (Å²) in [6.07, 6.45) is 4.93. The second-order valence-electron chi connectivity index (χ2n) is 10.7. The van der Waals surface area contributed by atoms with Crippen LogP contribution in [0.15, 0.2) is 24.3 Å². The van der Waals surface area contributed by atoms with Crippen LogP contribution >= 0.6 is 0 Å². The minimum Gasteiger partial charge on any atom is -0.493 e. The van der Waals surface area contributed by atoms with Crippen molar-refractivity contribution in [3.63, 3.8) is 0 Å². The average Bonchev–Trinajstić information content (AvgIpc) is 2.93. The summed E-state index contributed by atoms with van der Waals surface area (Å²) in [5.41, 5.74) is 0.297. The number of hydrogen-bond donors (Lipinski definition) is 4. The summed E-state index contributed by atoms with van der Waals surface area (Å²) in [6, 6.07) is 5.19. The van der Waals surface area contributed by atoms with Crippen LogP contribution in [0.25, 0.3) is 0 Å². The van der Waals surface area contributed by atoms with Gasteiger partial charge in [0.15, 0.2) is 0 Å². The number of hydrogen-bond acceptors (Lipinski definition) is 6. The lowest BCUT2D eigenvalue weighted by Crippen LogP contribution is -2.51. The predicted molar refractivity (Wildman–Crippen MR) is 143 cm³/mol. The van der Waals surface area contributed by atoms with Crippen molar-refractivity contribution in [2.24, 2.45) is 17.8 Å². The summed E-state index contributed by atoms with van der Waals surface area (Å²) >= 11 is 0. The lowest BCUT2D eigenvalue weighted by atomic mass is 9.92. The molecule has 2 fully saturated rings. The zero-order valence-corrected chi connectivity index (χ0v) is 22.5. The third kappa shape index (κ3) is 9.31. The summed E-state index contributed by atoms with van der Waals surface area (Å²) < 4.78 is 5.61. The second-order valence-corrected chi connectivity index (χ2v) is 10.7. The van der Waals surface area contributed by atoms with Gasteiger partial charge in [0.25, 0.3) is 5.91 Å². The number of likely N-dealkylation sites (tertiary alicyclic amines) is 1. The molecule has 2 heterocycles. The Bertz CT molecular complexity index is 945. The highest BCUT2D eigenvalue weighted by molar-refractivity contribution is 5.96. The van der Waals surface area contributed by atoms with E-state index < -0.39 is 23.8 Å². The number of carboxylic acids is 1. The summed E-state index contributed by atoms with van der Waals surface area (Å²) in [6.45, 7) is 7.37. The van der Waals surface area contributed by atoms with E-state index in [0.29, 0.717) is 55.7 Å². The van der Waals surface area contributed by atoms with E-state index in [-0.39, 0.29) is 18.4 Å². The number of benzene rings is 1. The van der Waals surface area contributed by atoms with Crippen LogP contribution in [0.2, 0.25) is 0 Å². The predicted octanol–water partition coefficient (Wildman–Crippen LogP) is 2.04. The standard InChI is InChI=1S/C28H42N4O6/c1-19(2)18-38-23-8-6-21(7-9-23)27(35)31-24(28(36)37)16-30-26(34)22-4-3-15-32(17-22)25(33)10-5-20-11-13-29-14-12-20/h6-9,19-20,22,24,29H,3-5,10-18H2,1-2H3,(H,30,34)(H,31,35)(H,36,37)/t22-,24?/m1/s1. The van der Waals surface area contributed by atoms with Gasteiger partial charge in [-0.2, -0.15) is 0 Å². The molecule has 2 atom stereocenters. The molecular formula is C28H42N4O6. The maximum absolute atomic E-state index is 12.8. The Labute approximate surface area is 224 Å². The molecule has 3 amide bonds. The third-order valence-corrected chi connectivity index (χ3v) is 7.15. The molecule has 0 aromatic heterocycles. The maximum atomic E-state index is 12.8. The van der Waals surface area contributed by atoms with E-state index in [2.05, 4.69) is 16.0 Å². The maximum Gasteiger partial charge on any atom is 0.328 e. The van der Waals surface area contributed by atoms with Crippen LogP contribution in [0.4, 0.5) is 0 Å². The fourth-order valence-corrected chi connectivity index (χ4v) is 4.83. The number of nitrogens with one attached hydrogen (secondary N) is 3. The van der Waals surface area contributed by atoms with E-state index in [4.69, 9.17) is 4.74 Å². The number of nitrogens with zero attached hydrogens (tertiary/aromatic N) is 1. The molecule has 3 rings (SSSR count). The Morgan fingerprint density at radius 1 is 1.11 bits per heavy atom. The first-order valence-electron chi connectivity index (χ1n) is 13.8. The molecule has 2 aliphatic heterocycles. The molecule has 1 aromatic rings. The van der Waals surface area contributed by atoms with Crippen LogP contribution in [-0.2, 0) is 14.4 Å². The van der Waals surface area contributed by atoms with E-state index in [0.717, 1.165) is 38.8 Å². The molecule has 2 saturated heterocycles. The molecule has 0 saturated carbocycles. The first-order valence-corrected chi connectivity index (χ1v) is 13.8. The lowest BCUT2D eigenvalue weighted by Gasteiger charge is -2.33. The largest absolute Gasteiger partial charge is 0.493 e. The number of carboxylic acid groups (broad SMARTS) is 1. The average molecular weight is 531 g/mol. The van der Waals surface area contributed by atoms with Gasteiger partial charge in [-0.25, -0.2) is 4.79 Å². The van der Waals surface area contributed by atoms with Crippen LogP contribution in [-0.4, -0.2) is 79.1 Å². The van der Waals surface area contributed by atoms with Gasteiger partial charge >= 0.3 is 5.97 Å². The minimum absolute atomic E-state index is 0.0809. The van der Waals surface area contributed by atoms with Crippen molar-refractivity contribution in [3.8, 4) is 5.75 Å². The zero-order chi connectivity index (χ0) is 27.5. The molecule has 1 unspecified atom stereocenters. The Hall–Kier alpha value is -3.14. The van der Waals surface area contributed by atoms with Crippen molar-refractivity contribution in [2.75, 3.05) is 39.3 Å². The molecule has 0 aliphatic carbocycles. The minimum atomic E-state index is -1.28. The van der Waals surface area contributed by atoms with Crippen molar-refractivity contribution in [1.29, 1.82) is 0 Å². The summed E-state index contributed by atoms with van der Waals surface area (Å²) in [4.78, 5) is 51.7. The molecule has 210 valence electrons. The molecule has 0 spiro atoms. The molecule has 2 aliphatic rings. The van der Waals surface area contributed by atoms with Crippen LogP contribution in [0.5, 0.6) is 5.75 Å². The van der Waals surface area contributed by atoms with Gasteiger partial charge in [-0.3, -0.25) is 14.4 Å². The van der Waals surface area contributed by atoms with Gasteiger partial charge in [-0.05, 0) is 81.3 Å². The van der Waals surface area contributed by atoms with Crippen molar-refractivity contribution in [1.82, 2.24) is 20.9 Å². The molecule has 0 radical (unpaired) electrons. The highest BCUT2D eigenvalue weighted by Crippen LogP contribution is 2.21. The molecule has 0 bridgehead atoms. The summed E-state index contributed by atoms with van der Waals surface area (Å²) in [5.74, 6) is -0.836. The molecule has 10 heteroatoms. The summed E-state index contributed by atoms with van der Waals surface area (Å²) in [7, 11) is 0. The monoisotopic (exact) mass is 530 g/mol. The summed E-state index contributed by atoms with van der Waals surface area (Å²) in [5, 5.41) is 18.1. The molecule has 4 N–H and O–H groups in total. The number of amides is 3. The molecular weight excluding hydrogens is 488 g/mol. The first kappa shape index (κ1) is 29.4. The van der Waals surface area contributed by atoms with E-state index in [1.807, 2.05) is 13.8 Å². The van der Waals surface area contributed by atoms with Crippen LogP contribution < -0.4 is 20.7 Å². The van der Waals surface area contributed by atoms with Crippen LogP contribution in [0.1, 0.15) is 62.7 Å². The van der Waals surface area contributed by atoms with E-state index in [9.17, 15) is 24.3 Å². The van der Waals surface area contributed by atoms with Crippen LogP contribution in [0.3, 0.4) is 0 Å². The zero-order valence-electron chi connectivity index (χ0n) is 22.5. The van der Waals surface area contributed by atoms with E-state index >= 15 is 0 Å². The lowest BCUT2D eigenvalue weighted by molar-refractivity contribution is -0.139. The van der Waals surface area contributed by atoms with Crippen molar-refractivity contribution < 1.29 is 29.0 Å². The first-order chi connectivity index (χ1) is 18.2. The normalized spacial score (nSPS) is 19.0. The quantitative estimate of drug-likeness (QED) is 0.325. The van der Waals surface area contributed by atoms with Crippen molar-refractivity contribution >= 4 is 23.7 Å².